The molecule has 1 amide bonds. The number of rotatable bonds is 6. The molecule has 0 atom stereocenters. The number of carbonyl (C=O) groups is 1. The second-order valence-electron chi connectivity index (χ2n) is 7.09. The van der Waals surface area contributed by atoms with Gasteiger partial charge in [0.05, 0.1) is 0 Å². The topological polar surface area (TPSA) is 61.4 Å². The van der Waals surface area contributed by atoms with E-state index in [0.717, 1.165) is 45.6 Å². The van der Waals surface area contributed by atoms with Crippen molar-refractivity contribution in [2.75, 3.05) is 38.0 Å². The van der Waals surface area contributed by atoms with Crippen LogP contribution < -0.4 is 5.32 Å². The Kier molecular flexibility index (Phi) is 5.44. The number of hydrogen-bond donors (Lipinski definition) is 1. The number of hydrogen-bond acceptors (Lipinski definition) is 5. The van der Waals surface area contributed by atoms with Crippen LogP contribution in [0.15, 0.2) is 48.7 Å². The summed E-state index contributed by atoms with van der Waals surface area (Å²) in [6.45, 7) is 4.12. The Labute approximate surface area is 159 Å². The zero-order chi connectivity index (χ0) is 18.5. The molecule has 1 aromatic heterocycles. The molecule has 1 aromatic carbocycles. The van der Waals surface area contributed by atoms with E-state index in [1.807, 2.05) is 23.1 Å². The summed E-state index contributed by atoms with van der Waals surface area (Å²) >= 11 is 0. The lowest BCUT2D eigenvalue weighted by Gasteiger charge is -2.34. The minimum absolute atomic E-state index is 0.00396. The van der Waals surface area contributed by atoms with E-state index in [-0.39, 0.29) is 5.91 Å². The summed E-state index contributed by atoms with van der Waals surface area (Å²) in [7, 11) is 0. The van der Waals surface area contributed by atoms with Crippen LogP contribution >= 0.6 is 0 Å². The predicted molar refractivity (Wildman–Crippen MR) is 106 cm³/mol. The molecule has 0 bridgehead atoms. The highest BCUT2D eigenvalue weighted by Crippen LogP contribution is 2.22. The Bertz CT molecular complexity index is 795. The normalized spacial score (nSPS) is 18.0. The fraction of sp³-hybridized carbons (Fsp3) is 0.381. The summed E-state index contributed by atoms with van der Waals surface area (Å²) in [5.74, 6) is 0.559. The maximum atomic E-state index is 12.7. The summed E-state index contributed by atoms with van der Waals surface area (Å²) in [6.07, 6.45) is 8.31. The van der Waals surface area contributed by atoms with Gasteiger partial charge in [-0.05, 0) is 24.5 Å². The smallest absolute Gasteiger partial charge is 0.272 e. The van der Waals surface area contributed by atoms with E-state index in [1.165, 1.54) is 5.56 Å². The summed E-state index contributed by atoms with van der Waals surface area (Å²) in [4.78, 5) is 25.6. The van der Waals surface area contributed by atoms with Crippen LogP contribution in [-0.4, -0.2) is 64.4 Å². The number of aromatic nitrogens is 2. The molecule has 2 fully saturated rings. The van der Waals surface area contributed by atoms with Crippen LogP contribution in [0.3, 0.4) is 0 Å². The monoisotopic (exact) mass is 363 g/mol. The maximum absolute atomic E-state index is 12.7. The first kappa shape index (κ1) is 17.7. The average Bonchev–Trinajstić information content (AvgIpc) is 3.53. The Morgan fingerprint density at radius 2 is 1.89 bits per heavy atom. The van der Waals surface area contributed by atoms with Crippen LogP contribution in [-0.2, 0) is 0 Å². The van der Waals surface area contributed by atoms with E-state index in [0.29, 0.717) is 17.7 Å². The second-order valence-corrected chi connectivity index (χ2v) is 7.09. The molecule has 2 aliphatic rings. The molecule has 6 nitrogen and oxygen atoms in total. The molecule has 27 heavy (non-hydrogen) atoms. The fourth-order valence-electron chi connectivity index (χ4n) is 3.16. The minimum Gasteiger partial charge on any atom is -0.351 e. The molecular formula is C21H25N5O. The standard InChI is InChI=1S/C21H25N5O/c27-20(19-10-11-22-21(24-19)23-18-8-9-18)26-15-13-25(14-16-26)12-4-7-17-5-2-1-3-6-17/h1-7,10-11,18H,8-9,12-16H2,(H,22,23,24)/b7-4+. The Morgan fingerprint density at radius 3 is 2.63 bits per heavy atom. The molecule has 0 radical (unpaired) electrons. The highest BCUT2D eigenvalue weighted by atomic mass is 16.2. The van der Waals surface area contributed by atoms with Gasteiger partial charge in [0.1, 0.15) is 5.69 Å². The Morgan fingerprint density at radius 1 is 1.11 bits per heavy atom. The zero-order valence-corrected chi connectivity index (χ0v) is 15.4. The number of carbonyl (C=O) groups excluding carboxylic acids is 1. The lowest BCUT2D eigenvalue weighted by molar-refractivity contribution is 0.0644. The molecule has 1 N–H and O–H groups in total. The molecule has 0 unspecified atom stereocenters. The first-order valence-electron chi connectivity index (χ1n) is 9.61. The molecule has 2 heterocycles. The van der Waals surface area contributed by atoms with Crippen LogP contribution in [0.4, 0.5) is 5.95 Å². The molecule has 4 rings (SSSR count). The zero-order valence-electron chi connectivity index (χ0n) is 15.4. The van der Waals surface area contributed by atoms with Crippen molar-refractivity contribution in [3.63, 3.8) is 0 Å². The van der Waals surface area contributed by atoms with Gasteiger partial charge in [-0.1, -0.05) is 42.5 Å². The lowest BCUT2D eigenvalue weighted by atomic mass is 10.2. The minimum atomic E-state index is -0.00396. The van der Waals surface area contributed by atoms with Gasteiger partial charge in [0.15, 0.2) is 0 Å². The van der Waals surface area contributed by atoms with Crippen molar-refractivity contribution < 1.29 is 4.79 Å². The van der Waals surface area contributed by atoms with Gasteiger partial charge in [-0.25, -0.2) is 9.97 Å². The molecule has 1 saturated carbocycles. The van der Waals surface area contributed by atoms with Gasteiger partial charge < -0.3 is 10.2 Å². The number of piperazine rings is 1. The van der Waals surface area contributed by atoms with E-state index in [9.17, 15) is 4.79 Å². The Balaban J connectivity index is 1.27. The van der Waals surface area contributed by atoms with Gasteiger partial charge in [0.25, 0.3) is 5.91 Å². The van der Waals surface area contributed by atoms with Crippen LogP contribution in [0.5, 0.6) is 0 Å². The van der Waals surface area contributed by atoms with Crippen LogP contribution in [0.25, 0.3) is 6.08 Å². The van der Waals surface area contributed by atoms with Crippen LogP contribution in [0.2, 0.25) is 0 Å². The van der Waals surface area contributed by atoms with Crippen molar-refractivity contribution in [1.82, 2.24) is 19.8 Å². The van der Waals surface area contributed by atoms with E-state index in [1.54, 1.807) is 12.3 Å². The van der Waals surface area contributed by atoms with Crippen molar-refractivity contribution in [3.05, 3.63) is 59.9 Å². The molecule has 1 aliphatic carbocycles. The Hall–Kier alpha value is -2.73. The molecule has 1 aliphatic heterocycles. The van der Waals surface area contributed by atoms with Crippen molar-refractivity contribution in [2.45, 2.75) is 18.9 Å². The van der Waals surface area contributed by atoms with Crippen molar-refractivity contribution in [1.29, 1.82) is 0 Å². The van der Waals surface area contributed by atoms with Gasteiger partial charge in [0, 0.05) is 45.0 Å². The van der Waals surface area contributed by atoms with Crippen LogP contribution in [0, 0.1) is 0 Å². The van der Waals surface area contributed by atoms with Crippen LogP contribution in [0.1, 0.15) is 28.9 Å². The predicted octanol–water partition coefficient (Wildman–Crippen LogP) is 2.52. The molecule has 1 saturated heterocycles. The molecule has 0 spiro atoms. The third-order valence-electron chi connectivity index (χ3n) is 4.92. The van der Waals surface area contributed by atoms with Crippen molar-refractivity contribution >= 4 is 17.9 Å². The van der Waals surface area contributed by atoms with Gasteiger partial charge in [-0.2, -0.15) is 0 Å². The van der Waals surface area contributed by atoms with Crippen molar-refractivity contribution in [2.24, 2.45) is 0 Å². The number of amides is 1. The SMILES string of the molecule is O=C(c1ccnc(NC2CC2)n1)N1CCN(C/C=C/c2ccccc2)CC1. The van der Waals surface area contributed by atoms with E-state index in [4.69, 9.17) is 0 Å². The molecule has 140 valence electrons. The molecule has 2 aromatic rings. The first-order valence-corrected chi connectivity index (χ1v) is 9.61. The molecular weight excluding hydrogens is 338 g/mol. The summed E-state index contributed by atoms with van der Waals surface area (Å²) in [5.41, 5.74) is 1.69. The number of benzene rings is 1. The highest BCUT2D eigenvalue weighted by molar-refractivity contribution is 5.92. The second kappa shape index (κ2) is 8.31. The third-order valence-corrected chi connectivity index (χ3v) is 4.92. The van der Waals surface area contributed by atoms with Gasteiger partial charge in [0.2, 0.25) is 5.95 Å². The largest absolute Gasteiger partial charge is 0.351 e. The van der Waals surface area contributed by atoms with E-state index >= 15 is 0 Å². The number of nitrogens with one attached hydrogen (secondary N) is 1. The quantitative estimate of drug-likeness (QED) is 0.855. The van der Waals surface area contributed by atoms with E-state index in [2.05, 4.69) is 44.5 Å². The fourth-order valence-corrected chi connectivity index (χ4v) is 3.16. The van der Waals surface area contributed by atoms with E-state index < -0.39 is 0 Å². The molecule has 6 heteroatoms. The van der Waals surface area contributed by atoms with Gasteiger partial charge in [-0.3, -0.25) is 9.69 Å². The average molecular weight is 363 g/mol. The summed E-state index contributed by atoms with van der Waals surface area (Å²) in [6, 6.07) is 12.5. The van der Waals surface area contributed by atoms with Gasteiger partial charge in [-0.15, -0.1) is 0 Å². The lowest BCUT2D eigenvalue weighted by Crippen LogP contribution is -2.48. The summed E-state index contributed by atoms with van der Waals surface area (Å²) in [5, 5.41) is 3.25. The summed E-state index contributed by atoms with van der Waals surface area (Å²) < 4.78 is 0. The number of anilines is 1. The highest BCUT2D eigenvalue weighted by Gasteiger charge is 2.24. The number of nitrogens with zero attached hydrogens (tertiary/aromatic N) is 4. The van der Waals surface area contributed by atoms with Gasteiger partial charge >= 0.3 is 0 Å². The first-order chi connectivity index (χ1) is 13.3. The third kappa shape index (κ3) is 4.92. The van der Waals surface area contributed by atoms with Crippen molar-refractivity contribution in [3.8, 4) is 0 Å². The maximum Gasteiger partial charge on any atom is 0.272 e.